The number of phenols is 1. The molecule has 24 heavy (non-hydrogen) atoms. The Morgan fingerprint density at radius 3 is 3.00 bits per heavy atom. The summed E-state index contributed by atoms with van der Waals surface area (Å²) in [5.74, 6) is -0.355. The minimum atomic E-state index is -3.43. The lowest BCUT2D eigenvalue weighted by atomic mass is 9.90. The van der Waals surface area contributed by atoms with Crippen molar-refractivity contribution in [1.82, 2.24) is 19.6 Å². The number of nitrogens with one attached hydrogen (secondary N) is 2. The van der Waals surface area contributed by atoms with Crippen molar-refractivity contribution in [2.24, 2.45) is 0 Å². The summed E-state index contributed by atoms with van der Waals surface area (Å²) < 4.78 is 24.6. The number of aromatic amines is 1. The molecule has 0 fully saturated rings. The van der Waals surface area contributed by atoms with E-state index in [0.29, 0.717) is 13.1 Å². The molecule has 2 aromatic rings. The molecule has 0 aliphatic carbocycles. The molecule has 1 aliphatic rings. The predicted molar refractivity (Wildman–Crippen MR) is 86.8 cm³/mol. The number of carbonyl (C=O) groups excluding carboxylic acids is 1. The van der Waals surface area contributed by atoms with Crippen LogP contribution in [0.1, 0.15) is 22.9 Å². The summed E-state index contributed by atoms with van der Waals surface area (Å²) in [6.07, 6.45) is 2.59. The average Bonchev–Trinajstić information content (AvgIpc) is 2.99. The molecule has 128 valence electrons. The molecule has 2 heterocycles. The number of sulfonamides is 1. The van der Waals surface area contributed by atoms with Gasteiger partial charge in [0.15, 0.2) is 0 Å². The van der Waals surface area contributed by atoms with E-state index in [0.717, 1.165) is 23.2 Å². The summed E-state index contributed by atoms with van der Waals surface area (Å²) in [4.78, 5) is 21.3. The fourth-order valence-electron chi connectivity index (χ4n) is 2.82. The maximum atomic E-state index is 12.3. The summed E-state index contributed by atoms with van der Waals surface area (Å²) >= 11 is 0. The minimum Gasteiger partial charge on any atom is -0.508 e. The number of hydrogen-bond acceptors (Lipinski definition) is 5. The number of phenolic OH excluding ortho intramolecular Hbond substituents is 1. The van der Waals surface area contributed by atoms with E-state index in [-0.39, 0.29) is 24.1 Å². The van der Waals surface area contributed by atoms with Gasteiger partial charge in [-0.25, -0.2) is 18.1 Å². The van der Waals surface area contributed by atoms with Gasteiger partial charge in [0.1, 0.15) is 5.75 Å². The topological polar surface area (TPSA) is 115 Å². The largest absolute Gasteiger partial charge is 0.508 e. The number of fused-ring (bicyclic) bond motifs is 1. The Bertz CT molecular complexity index is 862. The van der Waals surface area contributed by atoms with Crippen LogP contribution in [0.15, 0.2) is 30.6 Å². The monoisotopic (exact) mass is 350 g/mol. The van der Waals surface area contributed by atoms with Crippen LogP contribution in [-0.4, -0.2) is 53.6 Å². The maximum Gasteiger partial charge on any atom is 0.238 e. The van der Waals surface area contributed by atoms with Gasteiger partial charge in [0.05, 0.1) is 37.1 Å². The van der Waals surface area contributed by atoms with E-state index in [4.69, 9.17) is 0 Å². The van der Waals surface area contributed by atoms with Gasteiger partial charge in [-0.05, 0) is 17.7 Å². The number of imidazole rings is 1. The summed E-state index contributed by atoms with van der Waals surface area (Å²) in [5.41, 5.74) is 2.49. The van der Waals surface area contributed by atoms with Gasteiger partial charge in [-0.1, -0.05) is 12.1 Å². The molecule has 0 radical (unpaired) electrons. The summed E-state index contributed by atoms with van der Waals surface area (Å²) in [6.45, 7) is 0.426. The van der Waals surface area contributed by atoms with Gasteiger partial charge in [-0.15, -0.1) is 0 Å². The first-order valence-corrected chi connectivity index (χ1v) is 9.26. The van der Waals surface area contributed by atoms with Crippen molar-refractivity contribution in [3.63, 3.8) is 0 Å². The summed E-state index contributed by atoms with van der Waals surface area (Å²) in [7, 11) is -3.43. The molecular weight excluding hydrogens is 332 g/mol. The van der Waals surface area contributed by atoms with Crippen LogP contribution in [0, 0.1) is 0 Å². The Morgan fingerprint density at radius 2 is 2.29 bits per heavy atom. The van der Waals surface area contributed by atoms with E-state index in [1.165, 1.54) is 0 Å². The van der Waals surface area contributed by atoms with Crippen molar-refractivity contribution in [3.05, 3.63) is 47.5 Å². The minimum absolute atomic E-state index is 0.145. The third-order valence-electron chi connectivity index (χ3n) is 3.94. The number of carbonyl (C=O) groups is 1. The Hall–Kier alpha value is -2.39. The first-order chi connectivity index (χ1) is 11.3. The van der Waals surface area contributed by atoms with Crippen molar-refractivity contribution in [2.75, 3.05) is 19.3 Å². The number of amides is 1. The molecule has 0 spiro atoms. The van der Waals surface area contributed by atoms with Crippen LogP contribution in [0.5, 0.6) is 5.75 Å². The van der Waals surface area contributed by atoms with E-state index in [9.17, 15) is 18.3 Å². The Kier molecular flexibility index (Phi) is 4.29. The van der Waals surface area contributed by atoms with E-state index in [2.05, 4.69) is 14.7 Å². The van der Waals surface area contributed by atoms with Crippen molar-refractivity contribution in [2.45, 2.75) is 12.5 Å². The zero-order valence-corrected chi connectivity index (χ0v) is 13.9. The van der Waals surface area contributed by atoms with Gasteiger partial charge in [0.2, 0.25) is 15.9 Å². The highest BCUT2D eigenvalue weighted by Gasteiger charge is 2.31. The van der Waals surface area contributed by atoms with Crippen molar-refractivity contribution in [3.8, 4) is 5.75 Å². The van der Waals surface area contributed by atoms with Crippen molar-refractivity contribution in [1.29, 1.82) is 0 Å². The van der Waals surface area contributed by atoms with E-state index in [1.54, 1.807) is 29.4 Å². The highest BCUT2D eigenvalue weighted by molar-refractivity contribution is 7.88. The summed E-state index contributed by atoms with van der Waals surface area (Å²) in [5, 5.41) is 9.71. The van der Waals surface area contributed by atoms with Gasteiger partial charge in [0, 0.05) is 12.5 Å². The molecule has 1 aliphatic heterocycles. The zero-order valence-electron chi connectivity index (χ0n) is 13.1. The molecule has 1 unspecified atom stereocenters. The number of benzene rings is 1. The van der Waals surface area contributed by atoms with Gasteiger partial charge in [-0.3, -0.25) is 4.79 Å². The number of rotatable bonds is 4. The highest BCUT2D eigenvalue weighted by atomic mass is 32.2. The second-order valence-electron chi connectivity index (χ2n) is 5.78. The number of aromatic hydroxyl groups is 1. The fraction of sp³-hybridized carbons (Fsp3) is 0.333. The number of nitrogens with zero attached hydrogens (tertiary/aromatic N) is 2. The number of aromatic nitrogens is 2. The van der Waals surface area contributed by atoms with Crippen molar-refractivity contribution >= 4 is 15.9 Å². The highest BCUT2D eigenvalue weighted by Crippen LogP contribution is 2.32. The van der Waals surface area contributed by atoms with Crippen molar-refractivity contribution < 1.29 is 18.3 Å². The third kappa shape index (κ3) is 3.57. The molecule has 1 aromatic heterocycles. The lowest BCUT2D eigenvalue weighted by molar-refractivity contribution is -0.131. The fourth-order valence-corrected chi connectivity index (χ4v) is 3.21. The van der Waals surface area contributed by atoms with Gasteiger partial charge in [0.25, 0.3) is 0 Å². The molecule has 0 saturated carbocycles. The Balaban J connectivity index is 1.85. The molecule has 3 rings (SSSR count). The molecule has 0 saturated heterocycles. The molecule has 1 atom stereocenters. The molecule has 8 nitrogen and oxygen atoms in total. The SMILES string of the molecule is CS(=O)(=O)NCC(=O)N1Cc2[nH]cnc2C(c2cccc(O)c2)C1. The molecule has 3 N–H and O–H groups in total. The lowest BCUT2D eigenvalue weighted by Gasteiger charge is -2.32. The summed E-state index contributed by atoms with van der Waals surface area (Å²) in [6, 6.07) is 6.83. The Morgan fingerprint density at radius 1 is 1.50 bits per heavy atom. The van der Waals surface area contributed by atoms with Crippen LogP contribution in [-0.2, 0) is 21.4 Å². The van der Waals surface area contributed by atoms with Gasteiger partial charge in [-0.2, -0.15) is 0 Å². The normalized spacial score (nSPS) is 17.5. The second-order valence-corrected chi connectivity index (χ2v) is 7.61. The maximum absolute atomic E-state index is 12.3. The lowest BCUT2D eigenvalue weighted by Crippen LogP contribution is -2.43. The molecule has 0 bridgehead atoms. The van der Waals surface area contributed by atoms with Crippen LogP contribution in [0.3, 0.4) is 0 Å². The molecule has 1 amide bonds. The molecular formula is C15H18N4O4S. The van der Waals surface area contributed by atoms with Crippen LogP contribution >= 0.6 is 0 Å². The Labute approximate surface area is 139 Å². The second kappa shape index (κ2) is 6.25. The van der Waals surface area contributed by atoms with Crippen LogP contribution in [0.4, 0.5) is 0 Å². The predicted octanol–water partition coefficient (Wildman–Crippen LogP) is 0.139. The van der Waals surface area contributed by atoms with Crippen LogP contribution in [0.2, 0.25) is 0 Å². The van der Waals surface area contributed by atoms with Crippen LogP contribution < -0.4 is 4.72 Å². The molecule has 1 aromatic carbocycles. The number of hydrogen-bond donors (Lipinski definition) is 3. The average molecular weight is 350 g/mol. The number of H-pyrrole nitrogens is 1. The van der Waals surface area contributed by atoms with E-state index in [1.807, 2.05) is 6.07 Å². The molecule has 9 heteroatoms. The first kappa shape index (κ1) is 16.5. The van der Waals surface area contributed by atoms with Crippen LogP contribution in [0.25, 0.3) is 0 Å². The van der Waals surface area contributed by atoms with Gasteiger partial charge >= 0.3 is 0 Å². The standard InChI is InChI=1S/C15H18N4O4S/c1-24(22,23)18-6-14(21)19-7-12(10-3-2-4-11(20)5-10)15-13(8-19)16-9-17-15/h2-5,9,12,18,20H,6-8H2,1H3,(H,16,17). The van der Waals surface area contributed by atoms with Gasteiger partial charge < -0.3 is 15.0 Å². The smallest absolute Gasteiger partial charge is 0.238 e. The van der Waals surface area contributed by atoms with E-state index < -0.39 is 10.0 Å². The van der Waals surface area contributed by atoms with E-state index >= 15 is 0 Å². The third-order valence-corrected chi connectivity index (χ3v) is 4.61. The quantitative estimate of drug-likeness (QED) is 0.725. The first-order valence-electron chi connectivity index (χ1n) is 7.37. The zero-order chi connectivity index (χ0) is 17.3.